The molecule has 0 unspecified atom stereocenters. The number of aryl methyl sites for hydroxylation is 1. The molecular weight excluding hydrogens is 346 g/mol. The fourth-order valence-corrected chi connectivity index (χ4v) is 2.58. The van der Waals surface area contributed by atoms with Gasteiger partial charge in [-0.3, -0.25) is 19.2 Å². The van der Waals surface area contributed by atoms with Gasteiger partial charge < -0.3 is 5.32 Å². The van der Waals surface area contributed by atoms with Crippen LogP contribution in [0.25, 0.3) is 0 Å². The summed E-state index contributed by atoms with van der Waals surface area (Å²) in [5.74, 6) is -0.493. The summed E-state index contributed by atoms with van der Waals surface area (Å²) in [6.07, 6.45) is 1.06. The van der Waals surface area contributed by atoms with Gasteiger partial charge in [0.2, 0.25) is 10.0 Å². The van der Waals surface area contributed by atoms with Crippen molar-refractivity contribution in [2.45, 2.75) is 6.92 Å². The molecule has 1 amide bonds. The summed E-state index contributed by atoms with van der Waals surface area (Å²) in [6, 6.07) is 10.3. The van der Waals surface area contributed by atoms with Gasteiger partial charge >= 0.3 is 0 Å². The van der Waals surface area contributed by atoms with E-state index in [4.69, 9.17) is 0 Å². The van der Waals surface area contributed by atoms with Crippen molar-refractivity contribution in [2.75, 3.05) is 22.9 Å². The zero-order chi connectivity index (χ0) is 18.8. The zero-order valence-electron chi connectivity index (χ0n) is 13.9. The van der Waals surface area contributed by atoms with E-state index in [1.807, 2.05) is 0 Å². The molecule has 0 aliphatic rings. The van der Waals surface area contributed by atoms with Crippen molar-refractivity contribution in [1.82, 2.24) is 0 Å². The van der Waals surface area contributed by atoms with E-state index >= 15 is 0 Å². The predicted octanol–water partition coefficient (Wildman–Crippen LogP) is 2.55. The highest BCUT2D eigenvalue weighted by atomic mass is 32.2. The second-order valence-corrected chi connectivity index (χ2v) is 7.51. The number of hydrogen-bond acceptors (Lipinski definition) is 5. The van der Waals surface area contributed by atoms with Crippen LogP contribution in [0, 0.1) is 17.0 Å². The summed E-state index contributed by atoms with van der Waals surface area (Å²) in [4.78, 5) is 22.7. The number of rotatable bonds is 5. The standard InChI is InChI=1S/C16H17N3O5S/c1-11-7-8-14(19(21)22)10-15(11)17-16(20)12-5-4-6-13(9-12)18(2)25(3,23)24/h4-10H,1-3H3,(H,17,20). The number of benzene rings is 2. The van der Waals surface area contributed by atoms with Crippen LogP contribution >= 0.6 is 0 Å². The van der Waals surface area contributed by atoms with Gasteiger partial charge in [0, 0.05) is 24.7 Å². The number of amides is 1. The third kappa shape index (κ3) is 4.32. The van der Waals surface area contributed by atoms with Gasteiger partial charge in [-0.25, -0.2) is 8.42 Å². The summed E-state index contributed by atoms with van der Waals surface area (Å²) < 4.78 is 24.3. The molecule has 1 N–H and O–H groups in total. The Labute approximate surface area is 145 Å². The van der Waals surface area contributed by atoms with Crippen LogP contribution in [0.5, 0.6) is 0 Å². The third-order valence-corrected chi connectivity index (χ3v) is 4.86. The number of carbonyl (C=O) groups is 1. The Morgan fingerprint density at radius 3 is 2.48 bits per heavy atom. The van der Waals surface area contributed by atoms with E-state index in [9.17, 15) is 23.3 Å². The SMILES string of the molecule is Cc1ccc([N+](=O)[O-])cc1NC(=O)c1cccc(N(C)S(C)(=O)=O)c1. The molecule has 0 aliphatic carbocycles. The maximum atomic E-state index is 12.4. The van der Waals surface area contributed by atoms with Crippen molar-refractivity contribution in [3.05, 3.63) is 63.7 Å². The molecule has 0 aromatic heterocycles. The van der Waals surface area contributed by atoms with Crippen LogP contribution in [0.2, 0.25) is 0 Å². The summed E-state index contributed by atoms with van der Waals surface area (Å²) in [6.45, 7) is 1.72. The minimum Gasteiger partial charge on any atom is -0.321 e. The molecule has 0 bridgehead atoms. The number of non-ortho nitro benzene ring substituents is 1. The second-order valence-electron chi connectivity index (χ2n) is 5.49. The van der Waals surface area contributed by atoms with E-state index in [0.29, 0.717) is 16.9 Å². The Hall–Kier alpha value is -2.94. The smallest absolute Gasteiger partial charge is 0.271 e. The summed E-state index contributed by atoms with van der Waals surface area (Å²) in [7, 11) is -2.07. The van der Waals surface area contributed by atoms with Crippen LogP contribution in [0.3, 0.4) is 0 Å². The van der Waals surface area contributed by atoms with Crippen molar-refractivity contribution < 1.29 is 18.1 Å². The van der Waals surface area contributed by atoms with Crippen LogP contribution < -0.4 is 9.62 Å². The van der Waals surface area contributed by atoms with Gasteiger partial charge in [0.15, 0.2) is 0 Å². The molecule has 0 radical (unpaired) electrons. The highest BCUT2D eigenvalue weighted by Gasteiger charge is 2.16. The lowest BCUT2D eigenvalue weighted by molar-refractivity contribution is -0.384. The third-order valence-electron chi connectivity index (χ3n) is 3.65. The number of nitro groups is 1. The quantitative estimate of drug-likeness (QED) is 0.648. The molecule has 9 heteroatoms. The first kappa shape index (κ1) is 18.4. The van der Waals surface area contributed by atoms with Crippen LogP contribution in [0.15, 0.2) is 42.5 Å². The van der Waals surface area contributed by atoms with E-state index in [0.717, 1.165) is 10.6 Å². The molecule has 0 saturated heterocycles. The van der Waals surface area contributed by atoms with Crippen LogP contribution in [0.1, 0.15) is 15.9 Å². The fraction of sp³-hybridized carbons (Fsp3) is 0.188. The lowest BCUT2D eigenvalue weighted by Crippen LogP contribution is -2.25. The molecule has 0 fully saturated rings. The summed E-state index contributed by atoms with van der Waals surface area (Å²) in [5.41, 5.74) is 1.43. The number of sulfonamides is 1. The molecule has 0 heterocycles. The Morgan fingerprint density at radius 2 is 1.88 bits per heavy atom. The molecule has 2 rings (SSSR count). The van der Waals surface area contributed by atoms with E-state index in [1.54, 1.807) is 25.1 Å². The van der Waals surface area contributed by atoms with E-state index in [-0.39, 0.29) is 11.3 Å². The second kappa shape index (κ2) is 6.89. The number of carbonyl (C=O) groups excluding carboxylic acids is 1. The molecule has 2 aromatic rings. The monoisotopic (exact) mass is 363 g/mol. The number of nitrogens with zero attached hydrogens (tertiary/aromatic N) is 2. The van der Waals surface area contributed by atoms with E-state index in [1.165, 1.54) is 31.3 Å². The number of anilines is 2. The van der Waals surface area contributed by atoms with Gasteiger partial charge in [0.05, 0.1) is 22.6 Å². The van der Waals surface area contributed by atoms with Crippen molar-refractivity contribution >= 4 is 33.0 Å². The number of nitrogens with one attached hydrogen (secondary N) is 1. The number of hydrogen-bond donors (Lipinski definition) is 1. The molecule has 0 aliphatic heterocycles. The molecular formula is C16H17N3O5S. The van der Waals surface area contributed by atoms with Crippen molar-refractivity contribution in [2.24, 2.45) is 0 Å². The molecule has 0 atom stereocenters. The van der Waals surface area contributed by atoms with Crippen molar-refractivity contribution in [3.8, 4) is 0 Å². The fourth-order valence-electron chi connectivity index (χ4n) is 2.09. The van der Waals surface area contributed by atoms with E-state index in [2.05, 4.69) is 5.32 Å². The number of nitro benzene ring substituents is 1. The van der Waals surface area contributed by atoms with Gasteiger partial charge in [0.25, 0.3) is 11.6 Å². The minimum atomic E-state index is -3.45. The Morgan fingerprint density at radius 1 is 1.20 bits per heavy atom. The Balaban J connectivity index is 2.31. The average Bonchev–Trinajstić information content (AvgIpc) is 2.55. The molecule has 25 heavy (non-hydrogen) atoms. The zero-order valence-corrected chi connectivity index (χ0v) is 14.7. The average molecular weight is 363 g/mol. The highest BCUT2D eigenvalue weighted by Crippen LogP contribution is 2.23. The van der Waals surface area contributed by atoms with Crippen molar-refractivity contribution in [3.63, 3.8) is 0 Å². The summed E-state index contributed by atoms with van der Waals surface area (Å²) >= 11 is 0. The molecule has 132 valence electrons. The maximum Gasteiger partial charge on any atom is 0.271 e. The lowest BCUT2D eigenvalue weighted by Gasteiger charge is -2.17. The van der Waals surface area contributed by atoms with Crippen LogP contribution in [0.4, 0.5) is 17.1 Å². The molecule has 0 saturated carbocycles. The van der Waals surface area contributed by atoms with Gasteiger partial charge in [-0.1, -0.05) is 12.1 Å². The predicted molar refractivity (Wildman–Crippen MR) is 95.5 cm³/mol. The highest BCUT2D eigenvalue weighted by molar-refractivity contribution is 7.92. The first-order chi connectivity index (χ1) is 11.6. The minimum absolute atomic E-state index is 0.133. The van der Waals surface area contributed by atoms with Gasteiger partial charge in [0.1, 0.15) is 0 Å². The Kier molecular flexibility index (Phi) is 5.07. The van der Waals surface area contributed by atoms with E-state index < -0.39 is 20.9 Å². The largest absolute Gasteiger partial charge is 0.321 e. The first-order valence-corrected chi connectivity index (χ1v) is 9.05. The maximum absolute atomic E-state index is 12.4. The first-order valence-electron chi connectivity index (χ1n) is 7.20. The normalized spacial score (nSPS) is 11.0. The molecule has 0 spiro atoms. The summed E-state index contributed by atoms with van der Waals surface area (Å²) in [5, 5.41) is 13.5. The molecule has 8 nitrogen and oxygen atoms in total. The van der Waals surface area contributed by atoms with Gasteiger partial charge in [-0.2, -0.15) is 0 Å². The molecule has 2 aromatic carbocycles. The van der Waals surface area contributed by atoms with Gasteiger partial charge in [-0.15, -0.1) is 0 Å². The topological polar surface area (TPSA) is 110 Å². The Bertz CT molecular complexity index is 941. The van der Waals surface area contributed by atoms with Crippen LogP contribution in [-0.4, -0.2) is 32.6 Å². The lowest BCUT2D eigenvalue weighted by atomic mass is 10.1. The van der Waals surface area contributed by atoms with Crippen LogP contribution in [-0.2, 0) is 10.0 Å². The van der Waals surface area contributed by atoms with Crippen molar-refractivity contribution in [1.29, 1.82) is 0 Å². The van der Waals surface area contributed by atoms with Gasteiger partial charge in [-0.05, 0) is 30.7 Å².